The number of para-hydroxylation sites is 6. The third-order valence-electron chi connectivity index (χ3n) is 10.2. The van der Waals surface area contributed by atoms with Crippen LogP contribution in [0.1, 0.15) is 34.6 Å². The average molecular weight is 563 g/mol. The van der Waals surface area contributed by atoms with Gasteiger partial charge < -0.3 is 18.9 Å². The lowest BCUT2D eigenvalue weighted by Gasteiger charge is -2.47. The molecule has 0 spiro atoms. The third-order valence-corrected chi connectivity index (χ3v) is 10.2. The quantitative estimate of drug-likeness (QED) is 0.183. The van der Waals surface area contributed by atoms with Crippen molar-refractivity contribution in [2.45, 2.75) is 12.1 Å². The molecular weight excluding hydrogens is 536 g/mol. The molecule has 2 atom stereocenters. The van der Waals surface area contributed by atoms with Gasteiger partial charge in [-0.05, 0) is 95.1 Å². The molecule has 0 saturated carbocycles. The van der Waals surface area contributed by atoms with Crippen LogP contribution in [-0.2, 0) is 0 Å². The van der Waals surface area contributed by atoms with Gasteiger partial charge in [0.15, 0.2) is 0 Å². The highest BCUT2D eigenvalue weighted by atomic mass is 15.3. The number of rotatable bonds is 0. The molecule has 6 heterocycles. The van der Waals surface area contributed by atoms with Crippen molar-refractivity contribution in [1.82, 2.24) is 9.13 Å². The maximum absolute atomic E-state index is 2.57. The van der Waals surface area contributed by atoms with Crippen molar-refractivity contribution in [3.63, 3.8) is 0 Å². The fraction of sp³-hybridized carbons (Fsp3) is 0.0500. The highest BCUT2D eigenvalue weighted by molar-refractivity contribution is 5.97. The van der Waals surface area contributed by atoms with Crippen LogP contribution in [0.3, 0.4) is 0 Å². The summed E-state index contributed by atoms with van der Waals surface area (Å²) in [5.74, 6) is 0. The van der Waals surface area contributed by atoms with Crippen LogP contribution in [0, 0.1) is 0 Å². The monoisotopic (exact) mass is 562 g/mol. The van der Waals surface area contributed by atoms with E-state index in [-0.39, 0.29) is 12.1 Å². The molecule has 4 aliphatic heterocycles. The minimum atomic E-state index is 0.0660. The van der Waals surface area contributed by atoms with Crippen LogP contribution in [0.5, 0.6) is 0 Å². The summed E-state index contributed by atoms with van der Waals surface area (Å²) in [5, 5.41) is 0. The van der Waals surface area contributed by atoms with Crippen LogP contribution in [0.15, 0.2) is 146 Å². The standard InChI is InChI=1S/C40H26N4/c1-3-13-31-25(11-1)27-23-30-28(24-29(27)39-37-19-9-21-41(37)33-15-5-7-17-35(33)43(31)39)26-12-2-4-14-32(26)44-36-18-8-6-16-34(36)42-22-10-20-38(42)40(30)44/h1-24,39-40H. The van der Waals surface area contributed by atoms with E-state index in [1.807, 2.05) is 0 Å². The van der Waals surface area contributed by atoms with E-state index in [1.165, 1.54) is 78.9 Å². The largest absolute Gasteiger partial charge is 0.326 e. The zero-order chi connectivity index (χ0) is 28.5. The Bertz CT molecular complexity index is 2170. The number of anilines is 4. The number of hydrogen-bond donors (Lipinski definition) is 0. The normalized spacial score (nSPS) is 17.5. The van der Waals surface area contributed by atoms with Crippen molar-refractivity contribution < 1.29 is 0 Å². The van der Waals surface area contributed by atoms with E-state index in [4.69, 9.17) is 0 Å². The first-order chi connectivity index (χ1) is 21.9. The summed E-state index contributed by atoms with van der Waals surface area (Å²) >= 11 is 0. The molecule has 206 valence electrons. The van der Waals surface area contributed by atoms with Crippen LogP contribution in [0.2, 0.25) is 0 Å². The fourth-order valence-corrected chi connectivity index (χ4v) is 8.47. The van der Waals surface area contributed by atoms with Gasteiger partial charge in [-0.25, -0.2) is 0 Å². The van der Waals surface area contributed by atoms with Gasteiger partial charge in [-0.2, -0.15) is 0 Å². The van der Waals surface area contributed by atoms with Gasteiger partial charge in [0.05, 0.1) is 45.5 Å². The van der Waals surface area contributed by atoms with E-state index < -0.39 is 0 Å². The van der Waals surface area contributed by atoms with Crippen LogP contribution >= 0.6 is 0 Å². The smallest absolute Gasteiger partial charge is 0.101 e. The molecule has 0 N–H and O–H groups in total. The van der Waals surface area contributed by atoms with Gasteiger partial charge in [-0.3, -0.25) is 0 Å². The molecule has 0 amide bonds. The van der Waals surface area contributed by atoms with E-state index in [1.54, 1.807) is 0 Å². The lowest BCUT2D eigenvalue weighted by molar-refractivity contribution is 0.712. The Labute approximate surface area is 255 Å². The minimum absolute atomic E-state index is 0.0660. The molecule has 4 aliphatic rings. The van der Waals surface area contributed by atoms with Crippen molar-refractivity contribution >= 4 is 22.7 Å². The maximum atomic E-state index is 2.57. The first-order valence-corrected chi connectivity index (χ1v) is 15.4. The van der Waals surface area contributed by atoms with Gasteiger partial charge in [0.2, 0.25) is 0 Å². The van der Waals surface area contributed by atoms with Crippen molar-refractivity contribution in [1.29, 1.82) is 0 Å². The van der Waals surface area contributed by atoms with Crippen molar-refractivity contribution in [2.24, 2.45) is 0 Å². The molecule has 11 rings (SSSR count). The Morgan fingerprint density at radius 3 is 1.18 bits per heavy atom. The number of aromatic nitrogens is 2. The number of hydrogen-bond acceptors (Lipinski definition) is 2. The summed E-state index contributed by atoms with van der Waals surface area (Å²) in [6.07, 6.45) is 4.43. The van der Waals surface area contributed by atoms with E-state index in [9.17, 15) is 0 Å². The van der Waals surface area contributed by atoms with Crippen molar-refractivity contribution in [3.05, 3.63) is 168 Å². The zero-order valence-corrected chi connectivity index (χ0v) is 23.8. The lowest BCUT2D eigenvalue weighted by Crippen LogP contribution is -2.36. The Morgan fingerprint density at radius 2 is 0.727 bits per heavy atom. The molecule has 4 heteroatoms. The van der Waals surface area contributed by atoms with Gasteiger partial charge in [0, 0.05) is 23.5 Å². The Balaban J connectivity index is 1.24. The lowest BCUT2D eigenvalue weighted by atomic mass is 9.77. The molecule has 44 heavy (non-hydrogen) atoms. The van der Waals surface area contributed by atoms with Crippen LogP contribution in [0.25, 0.3) is 33.6 Å². The Kier molecular flexibility index (Phi) is 4.15. The summed E-state index contributed by atoms with van der Waals surface area (Å²) in [6, 6.07) is 49.7. The maximum Gasteiger partial charge on any atom is 0.101 e. The molecule has 0 bridgehead atoms. The van der Waals surface area contributed by atoms with E-state index >= 15 is 0 Å². The van der Waals surface area contributed by atoms with E-state index in [0.717, 1.165) is 0 Å². The molecule has 4 nitrogen and oxygen atoms in total. The molecule has 0 saturated heterocycles. The second-order valence-electron chi connectivity index (χ2n) is 12.2. The first-order valence-electron chi connectivity index (χ1n) is 15.4. The molecule has 2 unspecified atom stereocenters. The Morgan fingerprint density at radius 1 is 0.341 bits per heavy atom. The van der Waals surface area contributed by atoms with Gasteiger partial charge in [0.25, 0.3) is 0 Å². The first kappa shape index (κ1) is 22.8. The van der Waals surface area contributed by atoms with Crippen LogP contribution < -0.4 is 9.80 Å². The van der Waals surface area contributed by atoms with E-state index in [2.05, 4.69) is 165 Å². The van der Waals surface area contributed by atoms with Crippen LogP contribution in [-0.4, -0.2) is 9.13 Å². The summed E-state index contributed by atoms with van der Waals surface area (Å²) in [6.45, 7) is 0. The summed E-state index contributed by atoms with van der Waals surface area (Å²) in [5.41, 5.74) is 18.0. The SMILES string of the molecule is c1ccc2c(c1)-c1cc3c(cc1C1c4cccn4-c4ccccc4N21)-c1ccccc1N1c2ccccc2-n2cccc2C31. The van der Waals surface area contributed by atoms with Gasteiger partial charge >= 0.3 is 0 Å². The topological polar surface area (TPSA) is 16.3 Å². The second kappa shape index (κ2) is 8.00. The number of benzene rings is 5. The van der Waals surface area contributed by atoms with Crippen LogP contribution in [0.4, 0.5) is 22.7 Å². The molecule has 2 aromatic heterocycles. The van der Waals surface area contributed by atoms with Gasteiger partial charge in [0.1, 0.15) is 12.1 Å². The Hall–Kier alpha value is -5.74. The number of nitrogens with zero attached hydrogens (tertiary/aromatic N) is 4. The predicted octanol–water partition coefficient (Wildman–Crippen LogP) is 9.71. The molecule has 0 fully saturated rings. The highest BCUT2D eigenvalue weighted by Crippen LogP contribution is 2.59. The minimum Gasteiger partial charge on any atom is -0.326 e. The van der Waals surface area contributed by atoms with E-state index in [0.29, 0.717) is 0 Å². The zero-order valence-electron chi connectivity index (χ0n) is 23.8. The third kappa shape index (κ3) is 2.66. The summed E-state index contributed by atoms with van der Waals surface area (Å²) in [4.78, 5) is 5.13. The number of fused-ring (bicyclic) bond motifs is 22. The molecule has 5 aromatic carbocycles. The fourth-order valence-electron chi connectivity index (χ4n) is 8.47. The van der Waals surface area contributed by atoms with Gasteiger partial charge in [-0.1, -0.05) is 60.7 Å². The van der Waals surface area contributed by atoms with Crippen molar-refractivity contribution in [3.8, 4) is 33.6 Å². The van der Waals surface area contributed by atoms with Crippen molar-refractivity contribution in [2.75, 3.05) is 9.80 Å². The second-order valence-corrected chi connectivity index (χ2v) is 12.2. The highest BCUT2D eigenvalue weighted by Gasteiger charge is 2.43. The van der Waals surface area contributed by atoms with Gasteiger partial charge in [-0.15, -0.1) is 0 Å². The predicted molar refractivity (Wildman–Crippen MR) is 177 cm³/mol. The summed E-state index contributed by atoms with van der Waals surface area (Å²) in [7, 11) is 0. The summed E-state index contributed by atoms with van der Waals surface area (Å²) < 4.78 is 4.77. The molecule has 0 aliphatic carbocycles. The molecular formula is C40H26N4. The average Bonchev–Trinajstić information content (AvgIpc) is 3.78. The molecule has 0 radical (unpaired) electrons. The molecule has 7 aromatic rings.